The Morgan fingerprint density at radius 3 is 2.78 bits per heavy atom. The number of hydrogen-bond acceptors (Lipinski definition) is 7. The van der Waals surface area contributed by atoms with Crippen LogP contribution in [0.2, 0.25) is 0 Å². The molecular formula is C14H13BrN2O5S. The van der Waals surface area contributed by atoms with E-state index in [9.17, 15) is 15.0 Å². The molecule has 0 fully saturated rings. The van der Waals surface area contributed by atoms with Crippen LogP contribution >= 0.6 is 27.7 Å². The van der Waals surface area contributed by atoms with Gasteiger partial charge >= 0.3 is 5.97 Å². The zero-order valence-corrected chi connectivity index (χ0v) is 14.6. The number of carboxylic acid groups (broad SMARTS) is 1. The Morgan fingerprint density at radius 2 is 2.22 bits per heavy atom. The van der Waals surface area contributed by atoms with Gasteiger partial charge in [-0.15, -0.1) is 10.2 Å². The van der Waals surface area contributed by atoms with Gasteiger partial charge in [0.15, 0.2) is 11.5 Å². The van der Waals surface area contributed by atoms with E-state index in [0.29, 0.717) is 22.3 Å². The Bertz CT molecular complexity index is 760. The van der Waals surface area contributed by atoms with Gasteiger partial charge in [-0.1, -0.05) is 6.92 Å². The van der Waals surface area contributed by atoms with Gasteiger partial charge in [0.2, 0.25) is 5.89 Å². The van der Waals surface area contributed by atoms with Gasteiger partial charge in [0.05, 0.1) is 11.6 Å². The maximum atomic E-state index is 11.4. The molecule has 1 heterocycles. The molecule has 9 heteroatoms. The lowest BCUT2D eigenvalue weighted by atomic mass is 10.2. The van der Waals surface area contributed by atoms with E-state index in [2.05, 4.69) is 26.1 Å². The predicted molar refractivity (Wildman–Crippen MR) is 87.5 cm³/mol. The molecule has 0 aliphatic carbocycles. The largest absolute Gasteiger partial charge is 0.503 e. The van der Waals surface area contributed by atoms with E-state index in [4.69, 9.17) is 9.15 Å². The van der Waals surface area contributed by atoms with Crippen molar-refractivity contribution in [3.63, 3.8) is 0 Å². The maximum absolute atomic E-state index is 11.4. The number of nitrogens with zero attached hydrogens (tertiary/aromatic N) is 2. The van der Waals surface area contributed by atoms with Gasteiger partial charge in [-0.25, -0.2) is 4.79 Å². The highest BCUT2D eigenvalue weighted by Crippen LogP contribution is 2.37. The van der Waals surface area contributed by atoms with E-state index in [0.717, 1.165) is 11.8 Å². The van der Waals surface area contributed by atoms with Crippen LogP contribution in [0.15, 0.2) is 31.2 Å². The Hall–Kier alpha value is -2.00. The van der Waals surface area contributed by atoms with Crippen LogP contribution < -0.4 is 4.74 Å². The number of hydrogen-bond donors (Lipinski definition) is 2. The number of benzene rings is 1. The number of thioether (sulfide) groups is 1. The number of aryl methyl sites for hydroxylation is 1. The first-order valence-corrected chi connectivity index (χ1v) is 8.07. The number of methoxy groups -OCH3 is 1. The van der Waals surface area contributed by atoms with Crippen LogP contribution in [0.25, 0.3) is 6.08 Å². The molecule has 122 valence electrons. The van der Waals surface area contributed by atoms with Gasteiger partial charge in [0.1, 0.15) is 4.91 Å². The number of halogens is 1. The highest BCUT2D eigenvalue weighted by Gasteiger charge is 2.16. The molecule has 0 aliphatic rings. The molecule has 0 atom stereocenters. The Morgan fingerprint density at radius 1 is 1.48 bits per heavy atom. The smallest absolute Gasteiger partial charge is 0.342 e. The van der Waals surface area contributed by atoms with Crippen LogP contribution in [0, 0.1) is 0 Å². The van der Waals surface area contributed by atoms with Crippen molar-refractivity contribution in [2.24, 2.45) is 0 Å². The summed E-state index contributed by atoms with van der Waals surface area (Å²) < 4.78 is 10.7. The lowest BCUT2D eigenvalue weighted by Crippen LogP contribution is -1.97. The topological polar surface area (TPSA) is 106 Å². The van der Waals surface area contributed by atoms with Crippen molar-refractivity contribution in [3.8, 4) is 11.5 Å². The molecule has 2 N–H and O–H groups in total. The van der Waals surface area contributed by atoms with Crippen molar-refractivity contribution >= 4 is 39.7 Å². The Balaban J connectivity index is 2.35. The predicted octanol–water partition coefficient (Wildman–Crippen LogP) is 3.33. The maximum Gasteiger partial charge on any atom is 0.342 e. The molecule has 23 heavy (non-hydrogen) atoms. The fourth-order valence-corrected chi connectivity index (χ4v) is 2.79. The van der Waals surface area contributed by atoms with Gasteiger partial charge in [-0.2, -0.15) is 0 Å². The first kappa shape index (κ1) is 17.4. The van der Waals surface area contributed by atoms with Crippen molar-refractivity contribution in [1.29, 1.82) is 0 Å². The van der Waals surface area contributed by atoms with Crippen molar-refractivity contribution in [1.82, 2.24) is 10.2 Å². The minimum Gasteiger partial charge on any atom is -0.503 e. The average molecular weight is 401 g/mol. The number of carboxylic acids is 1. The van der Waals surface area contributed by atoms with Crippen LogP contribution in [0.5, 0.6) is 11.5 Å². The van der Waals surface area contributed by atoms with E-state index in [1.807, 2.05) is 6.92 Å². The van der Waals surface area contributed by atoms with Crippen LogP contribution in [0.1, 0.15) is 18.4 Å². The number of aromatic nitrogens is 2. The second-order valence-electron chi connectivity index (χ2n) is 4.28. The summed E-state index contributed by atoms with van der Waals surface area (Å²) in [6.07, 6.45) is 2.00. The lowest BCUT2D eigenvalue weighted by Gasteiger charge is -2.07. The molecule has 7 nitrogen and oxygen atoms in total. The van der Waals surface area contributed by atoms with Crippen molar-refractivity contribution in [2.45, 2.75) is 18.6 Å². The van der Waals surface area contributed by atoms with E-state index < -0.39 is 5.97 Å². The average Bonchev–Trinajstić information content (AvgIpc) is 2.97. The van der Waals surface area contributed by atoms with Gasteiger partial charge < -0.3 is 19.4 Å². The Kier molecular flexibility index (Phi) is 5.67. The Labute approximate surface area is 144 Å². The first-order chi connectivity index (χ1) is 10.9. The van der Waals surface area contributed by atoms with E-state index >= 15 is 0 Å². The fourth-order valence-electron chi connectivity index (χ4n) is 1.64. The highest BCUT2D eigenvalue weighted by atomic mass is 79.9. The molecule has 0 spiro atoms. The molecule has 0 bridgehead atoms. The molecule has 2 rings (SSSR count). The van der Waals surface area contributed by atoms with Gasteiger partial charge in [-0.3, -0.25) is 0 Å². The molecule has 0 aliphatic heterocycles. The summed E-state index contributed by atoms with van der Waals surface area (Å²) >= 11 is 4.04. The third-order valence-electron chi connectivity index (χ3n) is 2.73. The molecule has 0 radical (unpaired) electrons. The monoisotopic (exact) mass is 400 g/mol. The SMILES string of the molecule is CCc1nnc(S/C(=C\c2cc(Br)c(O)c(OC)c2)C(=O)O)o1. The van der Waals surface area contributed by atoms with Crippen LogP contribution in [0.4, 0.5) is 0 Å². The molecule has 2 aromatic rings. The van der Waals surface area contributed by atoms with Gasteiger partial charge in [-0.05, 0) is 51.5 Å². The lowest BCUT2D eigenvalue weighted by molar-refractivity contribution is -0.131. The summed E-state index contributed by atoms with van der Waals surface area (Å²) in [5.74, 6) is -0.522. The standard InChI is InChI=1S/C14H13BrN2O5S/c1-3-11-16-17-14(22-11)23-10(13(19)20)6-7-4-8(15)12(18)9(5-7)21-2/h4-6,18H,3H2,1-2H3,(H,19,20)/b10-6-. The first-order valence-electron chi connectivity index (χ1n) is 6.46. The van der Waals surface area contributed by atoms with Crippen LogP contribution in [-0.4, -0.2) is 33.5 Å². The summed E-state index contributed by atoms with van der Waals surface area (Å²) in [5, 5.41) is 26.8. The molecule has 1 aromatic heterocycles. The number of ether oxygens (including phenoxy) is 1. The molecular weight excluding hydrogens is 388 g/mol. The summed E-state index contributed by atoms with van der Waals surface area (Å²) in [7, 11) is 1.41. The van der Waals surface area contributed by atoms with Crippen molar-refractivity contribution in [3.05, 3.63) is 33.0 Å². The highest BCUT2D eigenvalue weighted by molar-refractivity contribution is 9.10. The number of phenolic OH excluding ortho intramolecular Hbond substituents is 1. The molecule has 0 saturated heterocycles. The number of aliphatic carboxylic acids is 1. The minimum atomic E-state index is -1.13. The van der Waals surface area contributed by atoms with Crippen LogP contribution in [0.3, 0.4) is 0 Å². The van der Waals surface area contributed by atoms with E-state index in [1.54, 1.807) is 6.07 Å². The second-order valence-corrected chi connectivity index (χ2v) is 6.13. The summed E-state index contributed by atoms with van der Waals surface area (Å²) in [5.41, 5.74) is 0.534. The molecule has 1 aromatic carbocycles. The number of carbonyl (C=O) groups is 1. The van der Waals surface area contributed by atoms with E-state index in [1.165, 1.54) is 19.3 Å². The van der Waals surface area contributed by atoms with Gasteiger partial charge in [0.25, 0.3) is 5.22 Å². The molecule has 0 saturated carbocycles. The van der Waals surface area contributed by atoms with E-state index in [-0.39, 0.29) is 21.6 Å². The van der Waals surface area contributed by atoms with Gasteiger partial charge in [0, 0.05) is 6.42 Å². The minimum absolute atomic E-state index is 0.00375. The zero-order chi connectivity index (χ0) is 17.0. The second kappa shape index (κ2) is 7.51. The molecule has 0 amide bonds. The van der Waals surface area contributed by atoms with Crippen molar-refractivity contribution in [2.75, 3.05) is 7.11 Å². The molecule has 0 unspecified atom stereocenters. The number of phenols is 1. The summed E-state index contributed by atoms with van der Waals surface area (Å²) in [4.78, 5) is 11.4. The normalized spacial score (nSPS) is 11.5. The van der Waals surface area contributed by atoms with Crippen molar-refractivity contribution < 1.29 is 24.2 Å². The fraction of sp³-hybridized carbons (Fsp3) is 0.214. The quantitative estimate of drug-likeness (QED) is 0.561. The third-order valence-corrected chi connectivity index (χ3v) is 4.18. The zero-order valence-electron chi connectivity index (χ0n) is 12.2. The summed E-state index contributed by atoms with van der Waals surface area (Å²) in [6.45, 7) is 1.86. The third kappa shape index (κ3) is 4.26. The number of aromatic hydroxyl groups is 1. The summed E-state index contributed by atoms with van der Waals surface area (Å²) in [6, 6.07) is 3.10. The number of rotatable bonds is 6. The van der Waals surface area contributed by atoms with Crippen LogP contribution in [-0.2, 0) is 11.2 Å².